The van der Waals surface area contributed by atoms with E-state index in [1.807, 2.05) is 25.9 Å². The number of carbonyl (C=O) groups excluding carboxylic acids is 1. The highest BCUT2D eigenvalue weighted by molar-refractivity contribution is 5.94. The Morgan fingerprint density at radius 1 is 1.53 bits per heavy atom. The first kappa shape index (κ1) is 15.0. The van der Waals surface area contributed by atoms with Crippen LogP contribution in [0.5, 0.6) is 0 Å². The third-order valence-corrected chi connectivity index (χ3v) is 2.84. The fourth-order valence-electron chi connectivity index (χ4n) is 1.32. The van der Waals surface area contributed by atoms with E-state index >= 15 is 0 Å². The van der Waals surface area contributed by atoms with Crippen LogP contribution in [-0.2, 0) is 0 Å². The zero-order chi connectivity index (χ0) is 14.6. The first-order chi connectivity index (χ1) is 8.82. The summed E-state index contributed by atoms with van der Waals surface area (Å²) >= 11 is 0. The summed E-state index contributed by atoms with van der Waals surface area (Å²) in [5.74, 6) is -1.42. The normalized spacial score (nSPS) is 12.3. The predicted molar refractivity (Wildman–Crippen MR) is 68.5 cm³/mol. The standard InChI is InChI=1S/C12H16FN3O3/c1-8(15(2)3)7-14-12(17)9-4-5-10(13)11(6-9)16(18)19/h4-6,8H,7H2,1-3H3,(H,14,17). The molecule has 19 heavy (non-hydrogen) atoms. The maximum absolute atomic E-state index is 13.1. The summed E-state index contributed by atoms with van der Waals surface area (Å²) < 4.78 is 13.1. The summed E-state index contributed by atoms with van der Waals surface area (Å²) in [5, 5.41) is 13.2. The molecule has 1 amide bonds. The minimum absolute atomic E-state index is 0.0686. The zero-order valence-corrected chi connectivity index (χ0v) is 11.0. The molecule has 0 bridgehead atoms. The molecule has 0 saturated heterocycles. The Kier molecular flexibility index (Phi) is 4.94. The first-order valence-electron chi connectivity index (χ1n) is 5.71. The molecule has 0 aliphatic heterocycles. The number of halogens is 1. The molecule has 0 spiro atoms. The van der Waals surface area contributed by atoms with Gasteiger partial charge in [-0.05, 0) is 33.2 Å². The second-order valence-corrected chi connectivity index (χ2v) is 4.45. The van der Waals surface area contributed by atoms with Crippen molar-refractivity contribution in [1.29, 1.82) is 0 Å². The lowest BCUT2D eigenvalue weighted by Gasteiger charge is -2.19. The molecular weight excluding hydrogens is 253 g/mol. The zero-order valence-electron chi connectivity index (χ0n) is 11.0. The van der Waals surface area contributed by atoms with E-state index in [0.29, 0.717) is 6.54 Å². The van der Waals surface area contributed by atoms with Gasteiger partial charge in [0.05, 0.1) is 4.92 Å². The summed E-state index contributed by atoms with van der Waals surface area (Å²) in [7, 11) is 3.75. The third-order valence-electron chi connectivity index (χ3n) is 2.84. The van der Waals surface area contributed by atoms with Crippen molar-refractivity contribution in [3.05, 3.63) is 39.7 Å². The highest BCUT2D eigenvalue weighted by Crippen LogP contribution is 2.18. The van der Waals surface area contributed by atoms with E-state index in [-0.39, 0.29) is 11.6 Å². The molecule has 0 aliphatic rings. The van der Waals surface area contributed by atoms with Gasteiger partial charge >= 0.3 is 5.69 Å². The van der Waals surface area contributed by atoms with Gasteiger partial charge in [0.15, 0.2) is 0 Å². The Bertz CT molecular complexity index is 491. The smallest absolute Gasteiger partial charge is 0.305 e. The monoisotopic (exact) mass is 269 g/mol. The van der Waals surface area contributed by atoms with Crippen molar-refractivity contribution < 1.29 is 14.1 Å². The summed E-state index contributed by atoms with van der Waals surface area (Å²) in [6.07, 6.45) is 0. The Hall–Kier alpha value is -2.02. The number of hydrogen-bond donors (Lipinski definition) is 1. The molecular formula is C12H16FN3O3. The van der Waals surface area contributed by atoms with Gasteiger partial charge in [-0.1, -0.05) is 0 Å². The number of hydrogen-bond acceptors (Lipinski definition) is 4. The average molecular weight is 269 g/mol. The molecule has 0 aliphatic carbocycles. The maximum Gasteiger partial charge on any atom is 0.305 e. The molecule has 0 radical (unpaired) electrons. The second-order valence-electron chi connectivity index (χ2n) is 4.45. The van der Waals surface area contributed by atoms with Crippen LogP contribution >= 0.6 is 0 Å². The number of carbonyl (C=O) groups is 1. The molecule has 1 unspecified atom stereocenters. The molecule has 0 aromatic heterocycles. The molecule has 104 valence electrons. The number of amides is 1. The van der Waals surface area contributed by atoms with E-state index < -0.39 is 22.3 Å². The topological polar surface area (TPSA) is 75.5 Å². The van der Waals surface area contributed by atoms with Gasteiger partial charge in [0.25, 0.3) is 5.91 Å². The van der Waals surface area contributed by atoms with E-state index in [4.69, 9.17) is 0 Å². The lowest BCUT2D eigenvalue weighted by atomic mass is 10.1. The number of rotatable bonds is 5. The molecule has 6 nitrogen and oxygen atoms in total. The Morgan fingerprint density at radius 2 is 2.16 bits per heavy atom. The molecule has 1 aromatic carbocycles. The third kappa shape index (κ3) is 3.99. The van der Waals surface area contributed by atoms with E-state index in [1.165, 1.54) is 6.07 Å². The fourth-order valence-corrected chi connectivity index (χ4v) is 1.32. The van der Waals surface area contributed by atoms with Crippen molar-refractivity contribution >= 4 is 11.6 Å². The molecule has 1 rings (SSSR count). The van der Waals surface area contributed by atoms with Gasteiger partial charge in [-0.15, -0.1) is 0 Å². The van der Waals surface area contributed by atoms with Crippen LogP contribution in [0.1, 0.15) is 17.3 Å². The number of nitrogens with zero attached hydrogens (tertiary/aromatic N) is 2. The predicted octanol–water partition coefficient (Wildman–Crippen LogP) is 1.41. The van der Waals surface area contributed by atoms with Gasteiger partial charge in [0.1, 0.15) is 0 Å². The second kappa shape index (κ2) is 6.24. The maximum atomic E-state index is 13.1. The Balaban J connectivity index is 2.78. The molecule has 0 fully saturated rings. The summed E-state index contributed by atoms with van der Waals surface area (Å²) in [6, 6.07) is 3.20. The number of nitro groups is 1. The van der Waals surface area contributed by atoms with Gasteiger partial charge in [0.2, 0.25) is 5.82 Å². The van der Waals surface area contributed by atoms with E-state index in [1.54, 1.807) is 0 Å². The van der Waals surface area contributed by atoms with Crippen molar-refractivity contribution in [3.8, 4) is 0 Å². The van der Waals surface area contributed by atoms with Crippen LogP contribution in [0.15, 0.2) is 18.2 Å². The first-order valence-corrected chi connectivity index (χ1v) is 5.71. The van der Waals surface area contributed by atoms with Crippen LogP contribution in [0.3, 0.4) is 0 Å². The number of nitrogens with one attached hydrogen (secondary N) is 1. The number of benzene rings is 1. The highest BCUT2D eigenvalue weighted by atomic mass is 19.1. The van der Waals surface area contributed by atoms with E-state index in [2.05, 4.69) is 5.32 Å². The summed E-state index contributed by atoms with van der Waals surface area (Å²) in [6.45, 7) is 2.32. The molecule has 0 saturated carbocycles. The van der Waals surface area contributed by atoms with Crippen LogP contribution in [-0.4, -0.2) is 42.4 Å². The van der Waals surface area contributed by atoms with Crippen molar-refractivity contribution in [1.82, 2.24) is 10.2 Å². The number of likely N-dealkylation sites (N-methyl/N-ethyl adjacent to an activating group) is 1. The molecule has 0 heterocycles. The van der Waals surface area contributed by atoms with E-state index in [0.717, 1.165) is 12.1 Å². The highest BCUT2D eigenvalue weighted by Gasteiger charge is 2.17. The van der Waals surface area contributed by atoms with Gasteiger partial charge in [-0.25, -0.2) is 0 Å². The number of nitro benzene ring substituents is 1. The fraction of sp³-hybridized carbons (Fsp3) is 0.417. The van der Waals surface area contributed by atoms with Gasteiger partial charge in [0, 0.05) is 24.2 Å². The Labute approximate surface area is 110 Å². The largest absolute Gasteiger partial charge is 0.350 e. The van der Waals surface area contributed by atoms with Crippen molar-refractivity contribution in [2.75, 3.05) is 20.6 Å². The summed E-state index contributed by atoms with van der Waals surface area (Å²) in [4.78, 5) is 23.4. The van der Waals surface area contributed by atoms with Gasteiger partial charge in [-0.2, -0.15) is 4.39 Å². The van der Waals surface area contributed by atoms with Crippen LogP contribution in [0, 0.1) is 15.9 Å². The van der Waals surface area contributed by atoms with Gasteiger partial charge in [-0.3, -0.25) is 14.9 Å². The van der Waals surface area contributed by atoms with Crippen molar-refractivity contribution in [2.45, 2.75) is 13.0 Å². The van der Waals surface area contributed by atoms with Crippen LogP contribution in [0.4, 0.5) is 10.1 Å². The molecule has 7 heteroatoms. The average Bonchev–Trinajstić information content (AvgIpc) is 2.35. The quantitative estimate of drug-likeness (QED) is 0.648. The molecule has 1 aromatic rings. The van der Waals surface area contributed by atoms with Crippen LogP contribution in [0.25, 0.3) is 0 Å². The summed E-state index contributed by atoms with van der Waals surface area (Å²) in [5.41, 5.74) is -0.632. The molecule has 1 N–H and O–H groups in total. The van der Waals surface area contributed by atoms with Crippen molar-refractivity contribution in [3.63, 3.8) is 0 Å². The SMILES string of the molecule is CC(CNC(=O)c1ccc(F)c([N+](=O)[O-])c1)N(C)C. The Morgan fingerprint density at radius 3 is 2.68 bits per heavy atom. The molecule has 1 atom stereocenters. The van der Waals surface area contributed by atoms with Crippen LogP contribution < -0.4 is 5.32 Å². The van der Waals surface area contributed by atoms with Crippen molar-refractivity contribution in [2.24, 2.45) is 0 Å². The van der Waals surface area contributed by atoms with Gasteiger partial charge < -0.3 is 10.2 Å². The minimum atomic E-state index is -0.955. The van der Waals surface area contributed by atoms with Crippen LogP contribution in [0.2, 0.25) is 0 Å². The van der Waals surface area contributed by atoms with E-state index in [9.17, 15) is 19.3 Å². The lowest BCUT2D eigenvalue weighted by molar-refractivity contribution is -0.387. The lowest BCUT2D eigenvalue weighted by Crippen LogP contribution is -2.38. The minimum Gasteiger partial charge on any atom is -0.350 e.